The van der Waals surface area contributed by atoms with E-state index >= 15 is 0 Å². The molecular weight excluding hydrogens is 490 g/mol. The molecule has 0 N–H and O–H groups in total. The van der Waals surface area contributed by atoms with E-state index in [9.17, 15) is 0 Å². The smallest absolute Gasteiger partial charge is 0.131 e. The number of nitrogens with zero attached hydrogens (tertiary/aromatic N) is 5. The molecule has 4 heterocycles. The fraction of sp³-hybridized carbons (Fsp3) is 0.457. The number of aromatic nitrogens is 5. The van der Waals surface area contributed by atoms with Crippen molar-refractivity contribution in [2.24, 2.45) is 0 Å². The van der Waals surface area contributed by atoms with E-state index in [0.717, 1.165) is 17.2 Å². The summed E-state index contributed by atoms with van der Waals surface area (Å²) in [5.41, 5.74) is 8.19. The maximum atomic E-state index is 4.37. The van der Waals surface area contributed by atoms with Crippen LogP contribution in [0.3, 0.4) is 0 Å². The molecule has 40 heavy (non-hydrogen) atoms. The minimum atomic E-state index is 0.430. The second-order valence-corrected chi connectivity index (χ2v) is 11.4. The maximum Gasteiger partial charge on any atom is 0.131 e. The highest BCUT2D eigenvalue weighted by Gasteiger charge is 2.01. The zero-order valence-corrected chi connectivity index (χ0v) is 26.9. The fourth-order valence-electron chi connectivity index (χ4n) is 3.33. The van der Waals surface area contributed by atoms with Crippen LogP contribution in [0.1, 0.15) is 124 Å². The van der Waals surface area contributed by atoms with Crippen molar-refractivity contribution in [3.8, 4) is 0 Å². The maximum absolute atomic E-state index is 4.37. The molecular formula is C35H51N5. The first-order chi connectivity index (χ1) is 18.8. The molecule has 4 rings (SSSR count). The Morgan fingerprint density at radius 3 is 1.48 bits per heavy atom. The Hall–Kier alpha value is -3.47. The number of hydrogen-bond acceptors (Lipinski definition) is 5. The quantitative estimate of drug-likeness (QED) is 0.257. The number of aryl methyl sites for hydroxylation is 4. The molecule has 4 aromatic heterocycles. The molecule has 0 amide bonds. The first kappa shape index (κ1) is 34.6. The van der Waals surface area contributed by atoms with Crippen molar-refractivity contribution >= 4 is 0 Å². The molecule has 0 aliphatic carbocycles. The normalized spacial score (nSPS) is 10.4. The van der Waals surface area contributed by atoms with Crippen molar-refractivity contribution in [2.45, 2.75) is 107 Å². The summed E-state index contributed by atoms with van der Waals surface area (Å²) >= 11 is 0. The van der Waals surface area contributed by atoms with Crippen LogP contribution in [0, 0.1) is 27.7 Å². The van der Waals surface area contributed by atoms with E-state index in [0.29, 0.717) is 23.7 Å². The molecule has 0 saturated heterocycles. The first-order valence-corrected chi connectivity index (χ1v) is 14.4. The summed E-state index contributed by atoms with van der Waals surface area (Å²) in [6.45, 7) is 25.2. The summed E-state index contributed by atoms with van der Waals surface area (Å²) in [6.07, 6.45) is 5.58. The Kier molecular flexibility index (Phi) is 15.5. The second-order valence-electron chi connectivity index (χ2n) is 11.4. The number of rotatable bonds is 4. The molecule has 0 aromatic carbocycles. The first-order valence-electron chi connectivity index (χ1n) is 14.4. The van der Waals surface area contributed by atoms with Gasteiger partial charge in [-0.15, -0.1) is 0 Å². The van der Waals surface area contributed by atoms with Crippen LogP contribution in [0.2, 0.25) is 0 Å². The van der Waals surface area contributed by atoms with Gasteiger partial charge in [0.15, 0.2) is 0 Å². The third kappa shape index (κ3) is 14.1. The Bertz CT molecular complexity index is 1130. The van der Waals surface area contributed by atoms with Crippen LogP contribution in [0.15, 0.2) is 67.1 Å². The van der Waals surface area contributed by atoms with Crippen LogP contribution in [0.25, 0.3) is 0 Å². The van der Waals surface area contributed by atoms with Crippen LogP contribution >= 0.6 is 0 Å². The van der Waals surface area contributed by atoms with E-state index in [1.165, 1.54) is 28.2 Å². The lowest BCUT2D eigenvalue weighted by Gasteiger charge is -2.03. The molecule has 0 unspecified atom stereocenters. The van der Waals surface area contributed by atoms with Gasteiger partial charge in [-0.05, 0) is 93.0 Å². The molecule has 4 aromatic rings. The standard InChI is InChI=1S/3C9H13N.C8H12N2/c1-7(2)9-6-8(3)4-5-10-9;1-7(2)9-5-4-8(3)6-10-9;1-7(2)9-6-4-5-8(3)10-9;1-6(2)8-9-5-4-7(3)10-8/h3*4-7H,1-3H3;4-6H,1-3H3. The van der Waals surface area contributed by atoms with E-state index in [4.69, 9.17) is 0 Å². The SMILES string of the molecule is Cc1ccc(C(C)C)nc1.Cc1cccc(C(C)C)n1.Cc1ccnc(C(C)C)c1.Cc1ccnc(C(C)C)n1. The minimum absolute atomic E-state index is 0.430. The van der Waals surface area contributed by atoms with Crippen molar-refractivity contribution in [1.82, 2.24) is 24.9 Å². The summed E-state index contributed by atoms with van der Waals surface area (Å²) in [5, 5.41) is 0. The van der Waals surface area contributed by atoms with E-state index in [-0.39, 0.29) is 0 Å². The zero-order valence-electron chi connectivity index (χ0n) is 26.9. The Balaban J connectivity index is 0.000000267. The Labute approximate surface area is 244 Å². The number of hydrogen-bond donors (Lipinski definition) is 0. The molecule has 0 bridgehead atoms. The summed E-state index contributed by atoms with van der Waals surface area (Å²) in [5.74, 6) is 2.99. The summed E-state index contributed by atoms with van der Waals surface area (Å²) in [4.78, 5) is 21.3. The molecule has 0 atom stereocenters. The van der Waals surface area contributed by atoms with Gasteiger partial charge in [0.2, 0.25) is 0 Å². The highest BCUT2D eigenvalue weighted by Crippen LogP contribution is 2.12. The van der Waals surface area contributed by atoms with Crippen molar-refractivity contribution in [3.63, 3.8) is 0 Å². The lowest BCUT2D eigenvalue weighted by atomic mass is 10.1. The van der Waals surface area contributed by atoms with Gasteiger partial charge >= 0.3 is 0 Å². The van der Waals surface area contributed by atoms with Gasteiger partial charge in [0.1, 0.15) is 5.82 Å². The predicted molar refractivity (Wildman–Crippen MR) is 170 cm³/mol. The Morgan fingerprint density at radius 2 is 1.07 bits per heavy atom. The topological polar surface area (TPSA) is 64.5 Å². The van der Waals surface area contributed by atoms with Crippen molar-refractivity contribution < 1.29 is 0 Å². The van der Waals surface area contributed by atoms with Crippen molar-refractivity contribution in [1.29, 1.82) is 0 Å². The molecule has 5 heteroatoms. The van der Waals surface area contributed by atoms with Crippen molar-refractivity contribution in [2.75, 3.05) is 0 Å². The summed E-state index contributed by atoms with van der Waals surface area (Å²) in [6, 6.07) is 16.4. The summed E-state index contributed by atoms with van der Waals surface area (Å²) < 4.78 is 0. The van der Waals surface area contributed by atoms with Gasteiger partial charge in [0.25, 0.3) is 0 Å². The zero-order chi connectivity index (χ0) is 30.2. The molecule has 0 fully saturated rings. The molecule has 216 valence electrons. The average Bonchev–Trinajstić information content (AvgIpc) is 2.90. The number of pyridine rings is 3. The fourth-order valence-corrected chi connectivity index (χ4v) is 3.33. The van der Waals surface area contributed by atoms with Gasteiger partial charge in [-0.25, -0.2) is 9.97 Å². The third-order valence-electron chi connectivity index (χ3n) is 5.89. The molecule has 0 saturated carbocycles. The molecule has 0 spiro atoms. The van der Waals surface area contributed by atoms with E-state index < -0.39 is 0 Å². The van der Waals surface area contributed by atoms with Crippen LogP contribution in [0.5, 0.6) is 0 Å². The monoisotopic (exact) mass is 541 g/mol. The van der Waals surface area contributed by atoms with Gasteiger partial charge in [-0.1, -0.05) is 67.5 Å². The van der Waals surface area contributed by atoms with Gasteiger partial charge in [-0.3, -0.25) is 15.0 Å². The highest BCUT2D eigenvalue weighted by atomic mass is 14.9. The van der Waals surface area contributed by atoms with Crippen LogP contribution in [-0.4, -0.2) is 24.9 Å². The van der Waals surface area contributed by atoms with Gasteiger partial charge in [0, 0.05) is 53.0 Å². The van der Waals surface area contributed by atoms with E-state index in [1.54, 1.807) is 6.20 Å². The molecule has 0 aliphatic rings. The lowest BCUT2D eigenvalue weighted by molar-refractivity contribution is 0.766. The van der Waals surface area contributed by atoms with Gasteiger partial charge in [0.05, 0.1) is 0 Å². The van der Waals surface area contributed by atoms with Crippen LogP contribution in [0.4, 0.5) is 0 Å². The van der Waals surface area contributed by atoms with E-state index in [1.807, 2.05) is 44.4 Å². The van der Waals surface area contributed by atoms with E-state index in [2.05, 4.69) is 124 Å². The highest BCUT2D eigenvalue weighted by molar-refractivity contribution is 5.16. The molecule has 5 nitrogen and oxygen atoms in total. The largest absolute Gasteiger partial charge is 0.261 e. The van der Waals surface area contributed by atoms with Crippen LogP contribution in [-0.2, 0) is 0 Å². The predicted octanol–water partition coefficient (Wildman–Crippen LogP) is 9.45. The lowest BCUT2D eigenvalue weighted by Crippen LogP contribution is -1.97. The second kappa shape index (κ2) is 18.0. The molecule has 0 aliphatic heterocycles. The van der Waals surface area contributed by atoms with Gasteiger partial charge < -0.3 is 0 Å². The third-order valence-corrected chi connectivity index (χ3v) is 5.89. The van der Waals surface area contributed by atoms with Crippen LogP contribution < -0.4 is 0 Å². The Morgan fingerprint density at radius 1 is 0.475 bits per heavy atom. The summed E-state index contributed by atoms with van der Waals surface area (Å²) in [7, 11) is 0. The molecule has 0 radical (unpaired) electrons. The van der Waals surface area contributed by atoms with Crippen molar-refractivity contribution in [3.05, 3.63) is 113 Å². The van der Waals surface area contributed by atoms with Gasteiger partial charge in [-0.2, -0.15) is 0 Å². The minimum Gasteiger partial charge on any atom is -0.261 e. The average molecular weight is 542 g/mol.